The predicted molar refractivity (Wildman–Crippen MR) is 72.8 cm³/mol. The van der Waals surface area contributed by atoms with E-state index < -0.39 is 0 Å². The van der Waals surface area contributed by atoms with Crippen molar-refractivity contribution in [3.05, 3.63) is 45.1 Å². The molecule has 0 saturated heterocycles. The standard InChI is InChI=1S/C13H12Cl2N2O/c1-7-6-10(4-5-11(7)14)18-13-9(3)8(2)12(15)16-17-13/h4-6H,1-3H3. The fraction of sp³-hybridized carbons (Fsp3) is 0.231. The molecule has 3 nitrogen and oxygen atoms in total. The van der Waals surface area contributed by atoms with Gasteiger partial charge in [0.25, 0.3) is 0 Å². The number of hydrogen-bond acceptors (Lipinski definition) is 3. The van der Waals surface area contributed by atoms with E-state index in [2.05, 4.69) is 10.2 Å². The lowest BCUT2D eigenvalue weighted by Gasteiger charge is -2.10. The molecule has 1 heterocycles. The number of aromatic nitrogens is 2. The second kappa shape index (κ2) is 5.12. The fourth-order valence-electron chi connectivity index (χ4n) is 1.44. The van der Waals surface area contributed by atoms with Gasteiger partial charge in [-0.1, -0.05) is 23.2 Å². The van der Waals surface area contributed by atoms with Gasteiger partial charge in [-0.3, -0.25) is 0 Å². The van der Waals surface area contributed by atoms with E-state index in [4.69, 9.17) is 27.9 Å². The van der Waals surface area contributed by atoms with E-state index in [9.17, 15) is 0 Å². The maximum Gasteiger partial charge on any atom is 0.242 e. The molecule has 0 saturated carbocycles. The van der Waals surface area contributed by atoms with Gasteiger partial charge >= 0.3 is 0 Å². The topological polar surface area (TPSA) is 35.0 Å². The van der Waals surface area contributed by atoms with E-state index in [1.807, 2.05) is 26.8 Å². The van der Waals surface area contributed by atoms with Gasteiger partial charge in [-0.05, 0) is 50.1 Å². The van der Waals surface area contributed by atoms with Crippen molar-refractivity contribution in [3.63, 3.8) is 0 Å². The minimum Gasteiger partial charge on any atom is -0.437 e. The third-order valence-corrected chi connectivity index (χ3v) is 3.55. The highest BCUT2D eigenvalue weighted by atomic mass is 35.5. The molecule has 18 heavy (non-hydrogen) atoms. The first-order valence-corrected chi connectivity index (χ1v) is 6.18. The fourth-order valence-corrected chi connectivity index (χ4v) is 1.74. The molecule has 2 aromatic rings. The second-order valence-corrected chi connectivity index (χ2v) is 4.82. The Labute approximate surface area is 116 Å². The Morgan fingerprint density at radius 1 is 1.00 bits per heavy atom. The zero-order valence-corrected chi connectivity index (χ0v) is 11.8. The average Bonchev–Trinajstić information content (AvgIpc) is 2.34. The van der Waals surface area contributed by atoms with Crippen LogP contribution in [0.25, 0.3) is 0 Å². The van der Waals surface area contributed by atoms with Crippen LogP contribution in [0.15, 0.2) is 18.2 Å². The summed E-state index contributed by atoms with van der Waals surface area (Å²) in [6.45, 7) is 5.70. The summed E-state index contributed by atoms with van der Waals surface area (Å²) in [5, 5.41) is 8.89. The molecule has 0 aliphatic rings. The Bertz CT molecular complexity index is 600. The number of hydrogen-bond donors (Lipinski definition) is 0. The summed E-state index contributed by atoms with van der Waals surface area (Å²) >= 11 is 11.8. The predicted octanol–water partition coefficient (Wildman–Crippen LogP) is 4.50. The lowest BCUT2D eigenvalue weighted by Crippen LogP contribution is -1.97. The van der Waals surface area contributed by atoms with Gasteiger partial charge in [-0.25, -0.2) is 0 Å². The lowest BCUT2D eigenvalue weighted by molar-refractivity contribution is 0.450. The highest BCUT2D eigenvalue weighted by Gasteiger charge is 2.10. The number of ether oxygens (including phenoxy) is 1. The van der Waals surface area contributed by atoms with E-state index in [0.717, 1.165) is 16.7 Å². The van der Waals surface area contributed by atoms with Gasteiger partial charge in [0.1, 0.15) is 5.75 Å². The molecule has 0 spiro atoms. The molecule has 94 valence electrons. The quantitative estimate of drug-likeness (QED) is 0.813. The SMILES string of the molecule is Cc1cc(Oc2nnc(Cl)c(C)c2C)ccc1Cl. The Hall–Kier alpha value is -1.32. The van der Waals surface area contributed by atoms with Crippen molar-refractivity contribution >= 4 is 23.2 Å². The third-order valence-electron chi connectivity index (χ3n) is 2.77. The molecule has 0 radical (unpaired) electrons. The zero-order chi connectivity index (χ0) is 13.3. The van der Waals surface area contributed by atoms with Crippen LogP contribution in [0.3, 0.4) is 0 Å². The number of aryl methyl sites for hydroxylation is 1. The van der Waals surface area contributed by atoms with Crippen LogP contribution in [0, 0.1) is 20.8 Å². The molecule has 0 aliphatic carbocycles. The first kappa shape index (κ1) is 13.1. The van der Waals surface area contributed by atoms with E-state index in [0.29, 0.717) is 21.8 Å². The van der Waals surface area contributed by atoms with Crippen molar-refractivity contribution in [2.45, 2.75) is 20.8 Å². The average molecular weight is 283 g/mol. The van der Waals surface area contributed by atoms with Gasteiger partial charge in [0.15, 0.2) is 5.15 Å². The highest BCUT2D eigenvalue weighted by Crippen LogP contribution is 2.28. The summed E-state index contributed by atoms with van der Waals surface area (Å²) in [5.41, 5.74) is 2.69. The van der Waals surface area contributed by atoms with E-state index in [1.54, 1.807) is 12.1 Å². The summed E-state index contributed by atoms with van der Waals surface area (Å²) in [7, 11) is 0. The van der Waals surface area contributed by atoms with Gasteiger partial charge in [0.2, 0.25) is 5.88 Å². The highest BCUT2D eigenvalue weighted by molar-refractivity contribution is 6.31. The van der Waals surface area contributed by atoms with Crippen LogP contribution in [0.5, 0.6) is 11.6 Å². The van der Waals surface area contributed by atoms with Crippen LogP contribution < -0.4 is 4.74 Å². The second-order valence-electron chi connectivity index (χ2n) is 4.06. The molecule has 0 fully saturated rings. The molecule has 0 bridgehead atoms. The molecule has 0 amide bonds. The summed E-state index contributed by atoms with van der Waals surface area (Å²) in [6, 6.07) is 5.44. The van der Waals surface area contributed by atoms with E-state index >= 15 is 0 Å². The molecule has 2 rings (SSSR count). The Morgan fingerprint density at radius 2 is 1.72 bits per heavy atom. The molecule has 0 N–H and O–H groups in total. The maximum atomic E-state index is 5.96. The smallest absolute Gasteiger partial charge is 0.242 e. The van der Waals surface area contributed by atoms with Crippen LogP contribution in [-0.4, -0.2) is 10.2 Å². The molecule has 1 aromatic heterocycles. The number of benzene rings is 1. The van der Waals surface area contributed by atoms with E-state index in [-0.39, 0.29) is 0 Å². The minimum atomic E-state index is 0.395. The van der Waals surface area contributed by atoms with Crippen molar-refractivity contribution < 1.29 is 4.74 Å². The first-order valence-electron chi connectivity index (χ1n) is 5.42. The maximum absolute atomic E-state index is 5.96. The van der Waals surface area contributed by atoms with Crippen LogP contribution in [0.1, 0.15) is 16.7 Å². The van der Waals surface area contributed by atoms with E-state index in [1.165, 1.54) is 0 Å². The zero-order valence-electron chi connectivity index (χ0n) is 10.3. The molecule has 0 atom stereocenters. The van der Waals surface area contributed by atoms with Crippen molar-refractivity contribution in [1.82, 2.24) is 10.2 Å². The van der Waals surface area contributed by atoms with Gasteiger partial charge in [-0.15, -0.1) is 10.2 Å². The van der Waals surface area contributed by atoms with Crippen molar-refractivity contribution in [2.24, 2.45) is 0 Å². The molecule has 1 aromatic carbocycles. The van der Waals surface area contributed by atoms with Crippen LogP contribution >= 0.6 is 23.2 Å². The van der Waals surface area contributed by atoms with Gasteiger partial charge < -0.3 is 4.74 Å². The van der Waals surface area contributed by atoms with Crippen LogP contribution in [-0.2, 0) is 0 Å². The first-order chi connectivity index (χ1) is 8.49. The summed E-state index contributed by atoms with van der Waals surface area (Å²) < 4.78 is 5.69. The van der Waals surface area contributed by atoms with Gasteiger partial charge in [0, 0.05) is 10.6 Å². The number of halogens is 2. The Morgan fingerprint density at radius 3 is 2.39 bits per heavy atom. The summed E-state index contributed by atoms with van der Waals surface area (Å²) in [5.74, 6) is 1.13. The lowest BCUT2D eigenvalue weighted by atomic mass is 10.2. The van der Waals surface area contributed by atoms with Crippen molar-refractivity contribution in [1.29, 1.82) is 0 Å². The molecule has 0 aliphatic heterocycles. The largest absolute Gasteiger partial charge is 0.437 e. The molecular formula is C13H12Cl2N2O. The van der Waals surface area contributed by atoms with Gasteiger partial charge in [-0.2, -0.15) is 0 Å². The molecule has 5 heteroatoms. The van der Waals surface area contributed by atoms with Crippen molar-refractivity contribution in [2.75, 3.05) is 0 Å². The minimum absolute atomic E-state index is 0.395. The number of rotatable bonds is 2. The molecular weight excluding hydrogens is 271 g/mol. The van der Waals surface area contributed by atoms with Crippen LogP contribution in [0.2, 0.25) is 10.2 Å². The summed E-state index contributed by atoms with van der Waals surface area (Å²) in [4.78, 5) is 0. The van der Waals surface area contributed by atoms with Gasteiger partial charge in [0.05, 0.1) is 0 Å². The third kappa shape index (κ3) is 2.57. The Kier molecular flexibility index (Phi) is 3.73. The van der Waals surface area contributed by atoms with Crippen LogP contribution in [0.4, 0.5) is 0 Å². The monoisotopic (exact) mass is 282 g/mol. The normalized spacial score (nSPS) is 10.5. The summed E-state index contributed by atoms with van der Waals surface area (Å²) in [6.07, 6.45) is 0. The molecule has 0 unspecified atom stereocenters. The number of nitrogens with zero attached hydrogens (tertiary/aromatic N) is 2. The Balaban J connectivity index is 2.34. The van der Waals surface area contributed by atoms with Crippen molar-refractivity contribution in [3.8, 4) is 11.6 Å².